The van der Waals surface area contributed by atoms with E-state index in [2.05, 4.69) is 10.4 Å². The van der Waals surface area contributed by atoms with Gasteiger partial charge in [0, 0.05) is 30.3 Å². The van der Waals surface area contributed by atoms with Gasteiger partial charge in [-0.2, -0.15) is 9.40 Å². The number of aromatic nitrogens is 2. The van der Waals surface area contributed by atoms with Crippen LogP contribution in [0.3, 0.4) is 0 Å². The second kappa shape index (κ2) is 9.59. The van der Waals surface area contributed by atoms with Crippen molar-refractivity contribution in [1.82, 2.24) is 19.4 Å². The Bertz CT molecular complexity index is 1330. The maximum atomic E-state index is 13.2. The Hall–Kier alpha value is -2.97. The monoisotopic (exact) mass is 492 g/mol. The van der Waals surface area contributed by atoms with Crippen LogP contribution in [0.15, 0.2) is 59.6 Å². The minimum Gasteiger partial charge on any atom is -0.349 e. The Kier molecular flexibility index (Phi) is 6.51. The standard InChI is InChI=1S/C27H32N4O3S/c1-19(26-18-28-31(20(26)2)24-9-4-3-5-10-24)29-27(32)22-13-15-30(16-14-22)35(33,34)25-12-11-21-7-6-8-23(21)17-25/h3-5,9-12,17-19,22H,6-8,13-16H2,1-2H3,(H,29,32). The number of hydrogen-bond acceptors (Lipinski definition) is 4. The minimum atomic E-state index is -3.54. The van der Waals surface area contributed by atoms with Gasteiger partial charge in [0.15, 0.2) is 0 Å². The highest BCUT2D eigenvalue weighted by atomic mass is 32.2. The molecule has 7 nitrogen and oxygen atoms in total. The van der Waals surface area contributed by atoms with Gasteiger partial charge in [-0.25, -0.2) is 13.1 Å². The average molecular weight is 493 g/mol. The normalized spacial score (nSPS) is 17.8. The summed E-state index contributed by atoms with van der Waals surface area (Å²) in [6.07, 6.45) is 5.91. The zero-order valence-corrected chi connectivity index (χ0v) is 21.1. The van der Waals surface area contributed by atoms with Crippen molar-refractivity contribution >= 4 is 15.9 Å². The molecule has 5 rings (SSSR count). The highest BCUT2D eigenvalue weighted by Gasteiger charge is 2.33. The number of carbonyl (C=O) groups is 1. The molecule has 1 amide bonds. The van der Waals surface area contributed by atoms with Crippen LogP contribution in [0.1, 0.15) is 54.6 Å². The van der Waals surface area contributed by atoms with E-state index in [0.717, 1.165) is 41.8 Å². The number of sulfonamides is 1. The number of para-hydroxylation sites is 1. The molecule has 35 heavy (non-hydrogen) atoms. The fourth-order valence-corrected chi connectivity index (χ4v) is 6.82. The molecular formula is C27H32N4O3S. The van der Waals surface area contributed by atoms with Crippen LogP contribution in [-0.4, -0.2) is 41.5 Å². The number of carbonyl (C=O) groups excluding carboxylic acids is 1. The van der Waals surface area contributed by atoms with Gasteiger partial charge in [0.2, 0.25) is 15.9 Å². The molecule has 1 N–H and O–H groups in total. The summed E-state index contributed by atoms with van der Waals surface area (Å²) in [5, 5.41) is 7.63. The van der Waals surface area contributed by atoms with Crippen molar-refractivity contribution < 1.29 is 13.2 Å². The summed E-state index contributed by atoms with van der Waals surface area (Å²) in [5.41, 5.74) is 5.35. The average Bonchev–Trinajstić information content (AvgIpc) is 3.50. The Morgan fingerprint density at radius 2 is 1.77 bits per heavy atom. The fraction of sp³-hybridized carbons (Fsp3) is 0.407. The van der Waals surface area contributed by atoms with Crippen molar-refractivity contribution in [3.8, 4) is 5.69 Å². The van der Waals surface area contributed by atoms with E-state index in [-0.39, 0.29) is 17.9 Å². The van der Waals surface area contributed by atoms with Crippen molar-refractivity contribution in [3.05, 3.63) is 77.1 Å². The van der Waals surface area contributed by atoms with Crippen molar-refractivity contribution in [2.75, 3.05) is 13.1 Å². The topological polar surface area (TPSA) is 84.3 Å². The number of fused-ring (bicyclic) bond motifs is 1. The zero-order chi connectivity index (χ0) is 24.6. The van der Waals surface area contributed by atoms with Crippen molar-refractivity contribution in [2.45, 2.75) is 56.9 Å². The first-order valence-electron chi connectivity index (χ1n) is 12.4. The Morgan fingerprint density at radius 1 is 1.06 bits per heavy atom. The first kappa shape index (κ1) is 23.8. The largest absolute Gasteiger partial charge is 0.349 e. The predicted molar refractivity (Wildman–Crippen MR) is 135 cm³/mol. The second-order valence-corrected chi connectivity index (χ2v) is 11.6. The maximum absolute atomic E-state index is 13.2. The summed E-state index contributed by atoms with van der Waals surface area (Å²) in [5.74, 6) is -0.229. The van der Waals surface area contributed by atoms with E-state index in [1.54, 1.807) is 12.3 Å². The number of nitrogens with one attached hydrogen (secondary N) is 1. The van der Waals surface area contributed by atoms with Crippen LogP contribution in [0, 0.1) is 12.8 Å². The minimum absolute atomic E-state index is 0.0288. The molecular weight excluding hydrogens is 460 g/mol. The molecule has 3 aromatic rings. The molecule has 1 unspecified atom stereocenters. The Balaban J connectivity index is 1.20. The number of hydrogen-bond donors (Lipinski definition) is 1. The number of benzene rings is 2. The van der Waals surface area contributed by atoms with Crippen LogP contribution >= 0.6 is 0 Å². The molecule has 0 saturated carbocycles. The molecule has 184 valence electrons. The molecule has 1 aliphatic heterocycles. The third-order valence-electron chi connectivity index (χ3n) is 7.41. The highest BCUT2D eigenvalue weighted by molar-refractivity contribution is 7.89. The smallest absolute Gasteiger partial charge is 0.243 e. The number of piperidine rings is 1. The first-order valence-corrected chi connectivity index (χ1v) is 13.8. The van der Waals surface area contributed by atoms with Crippen molar-refractivity contribution in [3.63, 3.8) is 0 Å². The summed E-state index contributed by atoms with van der Waals surface area (Å²) in [6.45, 7) is 4.68. The molecule has 8 heteroatoms. The van der Waals surface area contributed by atoms with Crippen molar-refractivity contribution in [2.24, 2.45) is 5.92 Å². The lowest BCUT2D eigenvalue weighted by atomic mass is 9.96. The van der Waals surface area contributed by atoms with E-state index in [0.29, 0.717) is 30.8 Å². The molecule has 0 radical (unpaired) electrons. The third kappa shape index (κ3) is 4.65. The van der Waals surface area contributed by atoms with E-state index >= 15 is 0 Å². The van der Waals surface area contributed by atoms with Gasteiger partial charge in [-0.15, -0.1) is 0 Å². The predicted octanol–water partition coefficient (Wildman–Crippen LogP) is 3.95. The van der Waals surface area contributed by atoms with Crippen LogP contribution < -0.4 is 5.32 Å². The summed E-state index contributed by atoms with van der Waals surface area (Å²) < 4.78 is 29.8. The Morgan fingerprint density at radius 3 is 2.51 bits per heavy atom. The molecule has 1 aliphatic carbocycles. The number of amides is 1. The summed E-state index contributed by atoms with van der Waals surface area (Å²) in [4.78, 5) is 13.4. The second-order valence-electron chi connectivity index (χ2n) is 9.63. The molecule has 1 fully saturated rings. The van der Waals surface area contributed by atoms with Crippen LogP contribution in [-0.2, 0) is 27.7 Å². The van der Waals surface area contributed by atoms with Crippen LogP contribution in [0.5, 0.6) is 0 Å². The van der Waals surface area contributed by atoms with Gasteiger partial charge in [-0.1, -0.05) is 24.3 Å². The maximum Gasteiger partial charge on any atom is 0.243 e. The van der Waals surface area contributed by atoms with E-state index in [9.17, 15) is 13.2 Å². The lowest BCUT2D eigenvalue weighted by molar-refractivity contribution is -0.126. The molecule has 1 saturated heterocycles. The van der Waals surface area contributed by atoms with Crippen LogP contribution in [0.2, 0.25) is 0 Å². The summed E-state index contributed by atoms with van der Waals surface area (Å²) in [6, 6.07) is 15.3. The number of rotatable bonds is 6. The van der Waals surface area contributed by atoms with Gasteiger partial charge in [-0.3, -0.25) is 4.79 Å². The van der Waals surface area contributed by atoms with E-state index < -0.39 is 10.0 Å². The van der Waals surface area contributed by atoms with Crippen LogP contribution in [0.4, 0.5) is 0 Å². The summed E-state index contributed by atoms with van der Waals surface area (Å²) in [7, 11) is -3.54. The van der Waals surface area contributed by atoms with Crippen LogP contribution in [0.25, 0.3) is 5.69 Å². The Labute approximate surface area is 207 Å². The molecule has 1 aromatic heterocycles. The molecule has 0 bridgehead atoms. The van der Waals surface area contributed by atoms with Gasteiger partial charge in [0.1, 0.15) is 0 Å². The van der Waals surface area contributed by atoms with E-state index in [4.69, 9.17) is 0 Å². The number of aryl methyl sites for hydroxylation is 2. The van der Waals surface area contributed by atoms with Crippen molar-refractivity contribution in [1.29, 1.82) is 0 Å². The SMILES string of the molecule is Cc1c(C(C)NC(=O)C2CCN(S(=O)(=O)c3ccc4c(c3)CCC4)CC2)cnn1-c1ccccc1. The first-order chi connectivity index (χ1) is 16.8. The van der Waals surface area contributed by atoms with Gasteiger partial charge in [-0.05, 0) is 81.3 Å². The quantitative estimate of drug-likeness (QED) is 0.565. The molecule has 0 spiro atoms. The van der Waals surface area contributed by atoms with Gasteiger partial charge in [0.25, 0.3) is 0 Å². The zero-order valence-electron chi connectivity index (χ0n) is 20.3. The molecule has 1 atom stereocenters. The molecule has 2 aliphatic rings. The molecule has 2 aromatic carbocycles. The van der Waals surface area contributed by atoms with E-state index in [1.165, 1.54) is 9.87 Å². The van der Waals surface area contributed by atoms with Gasteiger partial charge in [0.05, 0.1) is 22.8 Å². The van der Waals surface area contributed by atoms with Gasteiger partial charge >= 0.3 is 0 Å². The highest BCUT2D eigenvalue weighted by Crippen LogP contribution is 2.29. The lowest BCUT2D eigenvalue weighted by Gasteiger charge is -2.31. The van der Waals surface area contributed by atoms with Gasteiger partial charge < -0.3 is 5.32 Å². The fourth-order valence-electron chi connectivity index (χ4n) is 5.30. The lowest BCUT2D eigenvalue weighted by Crippen LogP contribution is -2.43. The van der Waals surface area contributed by atoms with E-state index in [1.807, 2.05) is 61.0 Å². The number of nitrogens with zero attached hydrogens (tertiary/aromatic N) is 3. The molecule has 2 heterocycles. The third-order valence-corrected chi connectivity index (χ3v) is 9.30. The summed E-state index contributed by atoms with van der Waals surface area (Å²) >= 11 is 0.